The fraction of sp³-hybridized carbons (Fsp3) is 0.545. The van der Waals surface area contributed by atoms with Crippen molar-refractivity contribution in [1.82, 2.24) is 14.7 Å². The van der Waals surface area contributed by atoms with E-state index in [0.29, 0.717) is 18.7 Å². The molecule has 6 heteroatoms. The quantitative estimate of drug-likeness (QED) is 0.568. The van der Waals surface area contributed by atoms with Gasteiger partial charge < -0.3 is 4.90 Å². The van der Waals surface area contributed by atoms with Gasteiger partial charge in [-0.1, -0.05) is 0 Å². The first kappa shape index (κ1) is 13.7. The van der Waals surface area contributed by atoms with Gasteiger partial charge in [0.1, 0.15) is 6.54 Å². The van der Waals surface area contributed by atoms with Gasteiger partial charge in [0.15, 0.2) is 5.78 Å². The number of likely N-dealkylation sites (N-methyl/N-ethyl adjacent to an activating group) is 1. The average Bonchev–Trinajstić information content (AvgIpc) is 2.78. The molecule has 17 heavy (non-hydrogen) atoms. The van der Waals surface area contributed by atoms with E-state index in [1.807, 2.05) is 13.8 Å². The highest BCUT2D eigenvalue weighted by molar-refractivity contribution is 6.30. The predicted molar refractivity (Wildman–Crippen MR) is 65.2 cm³/mol. The number of halogens is 1. The van der Waals surface area contributed by atoms with E-state index >= 15 is 0 Å². The number of alkyl halides is 1. The van der Waals surface area contributed by atoms with Gasteiger partial charge >= 0.3 is 0 Å². The molecule has 0 aromatic carbocycles. The van der Waals surface area contributed by atoms with Crippen LogP contribution in [0.5, 0.6) is 0 Å². The maximum absolute atomic E-state index is 11.8. The van der Waals surface area contributed by atoms with E-state index in [2.05, 4.69) is 5.10 Å². The smallest absolute Gasteiger partial charge is 0.244 e. The normalized spacial score (nSPS) is 10.3. The lowest BCUT2D eigenvalue weighted by atomic mass is 10.3. The van der Waals surface area contributed by atoms with Crippen LogP contribution in [0, 0.1) is 0 Å². The van der Waals surface area contributed by atoms with Crippen molar-refractivity contribution < 1.29 is 9.59 Å². The maximum atomic E-state index is 11.8. The number of Topliss-reactive ketones (excluding diaryl/α,β-unsaturated/α-hetero) is 1. The highest BCUT2D eigenvalue weighted by Gasteiger charge is 2.12. The zero-order valence-corrected chi connectivity index (χ0v) is 10.8. The largest absolute Gasteiger partial charge is 0.342 e. The van der Waals surface area contributed by atoms with Gasteiger partial charge in [0, 0.05) is 19.3 Å². The first-order chi connectivity index (χ1) is 8.12. The first-order valence-electron chi connectivity index (χ1n) is 5.51. The van der Waals surface area contributed by atoms with Gasteiger partial charge in [0.05, 0.1) is 17.6 Å². The molecule has 0 radical (unpaired) electrons. The van der Waals surface area contributed by atoms with Crippen molar-refractivity contribution in [2.24, 2.45) is 0 Å². The Morgan fingerprint density at radius 2 is 2.06 bits per heavy atom. The summed E-state index contributed by atoms with van der Waals surface area (Å²) in [5, 5.41) is 3.97. The summed E-state index contributed by atoms with van der Waals surface area (Å²) in [6.45, 7) is 5.34. The molecule has 1 aromatic heterocycles. The minimum atomic E-state index is -0.187. The molecule has 0 aliphatic heterocycles. The van der Waals surface area contributed by atoms with Crippen molar-refractivity contribution in [2.75, 3.05) is 19.0 Å². The standard InChI is InChI=1S/C11H16ClN3O2/c1-3-14(4-2)11(17)8-15-7-9(6-13-15)10(16)5-12/h6-7H,3-5,8H2,1-2H3. The van der Waals surface area contributed by atoms with Crippen LogP contribution >= 0.6 is 11.6 Å². The van der Waals surface area contributed by atoms with Crippen LogP contribution < -0.4 is 0 Å². The molecule has 1 amide bonds. The molecule has 0 N–H and O–H groups in total. The van der Waals surface area contributed by atoms with E-state index in [1.54, 1.807) is 11.1 Å². The number of ketones is 1. The molecule has 0 saturated heterocycles. The van der Waals surface area contributed by atoms with Gasteiger partial charge in [-0.05, 0) is 13.8 Å². The van der Waals surface area contributed by atoms with Crippen LogP contribution in [0.15, 0.2) is 12.4 Å². The number of amides is 1. The van der Waals surface area contributed by atoms with Crippen molar-refractivity contribution in [2.45, 2.75) is 20.4 Å². The van der Waals surface area contributed by atoms with Gasteiger partial charge in [-0.25, -0.2) is 0 Å². The maximum Gasteiger partial charge on any atom is 0.244 e. The van der Waals surface area contributed by atoms with Crippen LogP contribution in [0.2, 0.25) is 0 Å². The molecule has 0 aliphatic carbocycles. The molecule has 0 bridgehead atoms. The number of hydrogen-bond donors (Lipinski definition) is 0. The number of carbonyl (C=O) groups excluding carboxylic acids is 2. The summed E-state index contributed by atoms with van der Waals surface area (Å²) in [6, 6.07) is 0. The molecule has 1 heterocycles. The Balaban J connectivity index is 2.66. The molecular weight excluding hydrogens is 242 g/mol. The molecule has 1 rings (SSSR count). The van der Waals surface area contributed by atoms with Gasteiger partial charge in [-0.3, -0.25) is 14.3 Å². The first-order valence-corrected chi connectivity index (χ1v) is 6.05. The SMILES string of the molecule is CCN(CC)C(=O)Cn1cc(C(=O)CCl)cn1. The zero-order chi connectivity index (χ0) is 12.8. The van der Waals surface area contributed by atoms with E-state index in [-0.39, 0.29) is 24.1 Å². The number of nitrogens with zero attached hydrogens (tertiary/aromatic N) is 3. The Bertz CT molecular complexity index is 399. The Kier molecular flexibility index (Phi) is 5.15. The van der Waals surface area contributed by atoms with Crippen LogP contribution in [-0.2, 0) is 11.3 Å². The van der Waals surface area contributed by atoms with E-state index in [9.17, 15) is 9.59 Å². The molecule has 1 aromatic rings. The minimum absolute atomic E-state index is 0.0111. The summed E-state index contributed by atoms with van der Waals surface area (Å²) in [6.07, 6.45) is 2.98. The molecule has 0 atom stereocenters. The Hall–Kier alpha value is -1.36. The number of hydrogen-bond acceptors (Lipinski definition) is 3. The summed E-state index contributed by atoms with van der Waals surface area (Å²) >= 11 is 5.44. The van der Waals surface area contributed by atoms with Gasteiger partial charge in [0.2, 0.25) is 5.91 Å². The summed E-state index contributed by atoms with van der Waals surface area (Å²) in [4.78, 5) is 24.8. The van der Waals surface area contributed by atoms with Gasteiger partial charge in [0.25, 0.3) is 0 Å². The van der Waals surface area contributed by atoms with Crippen molar-refractivity contribution in [3.8, 4) is 0 Å². The van der Waals surface area contributed by atoms with Crippen LogP contribution in [0.3, 0.4) is 0 Å². The molecule has 0 saturated carbocycles. The molecular formula is C11H16ClN3O2. The summed E-state index contributed by atoms with van der Waals surface area (Å²) in [7, 11) is 0. The van der Waals surface area contributed by atoms with E-state index in [0.717, 1.165) is 0 Å². The lowest BCUT2D eigenvalue weighted by molar-refractivity contribution is -0.131. The predicted octanol–water partition coefficient (Wildman–Crippen LogP) is 1.17. The Morgan fingerprint density at radius 1 is 1.41 bits per heavy atom. The van der Waals surface area contributed by atoms with E-state index < -0.39 is 0 Å². The fourth-order valence-corrected chi connectivity index (χ4v) is 1.64. The molecule has 5 nitrogen and oxygen atoms in total. The second-order valence-corrected chi connectivity index (χ2v) is 3.82. The number of carbonyl (C=O) groups is 2. The van der Waals surface area contributed by atoms with Crippen molar-refractivity contribution in [3.63, 3.8) is 0 Å². The van der Waals surface area contributed by atoms with Crippen molar-refractivity contribution in [1.29, 1.82) is 0 Å². The Labute approximate surface area is 105 Å². The van der Waals surface area contributed by atoms with Crippen molar-refractivity contribution >= 4 is 23.3 Å². The molecule has 94 valence electrons. The topological polar surface area (TPSA) is 55.2 Å². The molecule has 0 aliphatic rings. The molecule has 0 unspecified atom stereocenters. The number of aromatic nitrogens is 2. The minimum Gasteiger partial charge on any atom is -0.342 e. The van der Waals surface area contributed by atoms with Crippen molar-refractivity contribution in [3.05, 3.63) is 18.0 Å². The Morgan fingerprint density at radius 3 is 2.59 bits per heavy atom. The summed E-state index contributed by atoms with van der Waals surface area (Å²) in [5.74, 6) is -0.272. The van der Waals surface area contributed by atoms with Gasteiger partial charge in [-0.2, -0.15) is 5.10 Å². The summed E-state index contributed by atoms with van der Waals surface area (Å²) < 4.78 is 1.46. The third-order valence-electron chi connectivity index (χ3n) is 2.49. The highest BCUT2D eigenvalue weighted by atomic mass is 35.5. The lowest BCUT2D eigenvalue weighted by Gasteiger charge is -2.18. The number of rotatable bonds is 6. The average molecular weight is 258 g/mol. The lowest BCUT2D eigenvalue weighted by Crippen LogP contribution is -2.33. The summed E-state index contributed by atoms with van der Waals surface area (Å²) in [5.41, 5.74) is 0.437. The van der Waals surface area contributed by atoms with Crippen LogP contribution in [0.1, 0.15) is 24.2 Å². The third kappa shape index (κ3) is 3.56. The fourth-order valence-electron chi connectivity index (χ4n) is 1.49. The monoisotopic (exact) mass is 257 g/mol. The zero-order valence-electron chi connectivity index (χ0n) is 10.0. The van der Waals surface area contributed by atoms with Crippen LogP contribution in [0.25, 0.3) is 0 Å². The van der Waals surface area contributed by atoms with Crippen LogP contribution in [-0.4, -0.2) is 45.3 Å². The van der Waals surface area contributed by atoms with Crippen LogP contribution in [0.4, 0.5) is 0 Å². The van der Waals surface area contributed by atoms with E-state index in [1.165, 1.54) is 10.9 Å². The van der Waals surface area contributed by atoms with Gasteiger partial charge in [-0.15, -0.1) is 11.6 Å². The highest BCUT2D eigenvalue weighted by Crippen LogP contribution is 2.02. The molecule has 0 fully saturated rings. The third-order valence-corrected chi connectivity index (χ3v) is 2.73. The second kappa shape index (κ2) is 6.39. The second-order valence-electron chi connectivity index (χ2n) is 3.55. The van der Waals surface area contributed by atoms with E-state index in [4.69, 9.17) is 11.6 Å². The molecule has 0 spiro atoms.